The summed E-state index contributed by atoms with van der Waals surface area (Å²) in [5.74, 6) is 0. The van der Waals surface area contributed by atoms with Gasteiger partial charge in [0.2, 0.25) is 0 Å². The molecule has 4 heteroatoms. The van der Waals surface area contributed by atoms with Crippen LogP contribution in [0.3, 0.4) is 0 Å². The van der Waals surface area contributed by atoms with Gasteiger partial charge in [-0.1, -0.05) is 6.92 Å². The van der Waals surface area contributed by atoms with Gasteiger partial charge >= 0.3 is 0 Å². The fourth-order valence-electron chi connectivity index (χ4n) is 1.51. The molecule has 0 aromatic heterocycles. The van der Waals surface area contributed by atoms with Gasteiger partial charge in [0, 0.05) is 13.2 Å². The molecule has 0 aliphatic rings. The Morgan fingerprint density at radius 3 is 2.14 bits per heavy atom. The Labute approximate surface area is 91.0 Å². The maximum absolute atomic E-state index is 5.66. The van der Waals surface area contributed by atoms with Gasteiger partial charge in [-0.25, -0.2) is 0 Å². The number of hydrogen-bond donors (Lipinski definition) is 1. The van der Waals surface area contributed by atoms with Gasteiger partial charge in [0.15, 0.2) is 0 Å². The molecule has 86 valence electrons. The molecule has 0 unspecified atom stereocenters. The third-order valence-corrected chi connectivity index (χ3v) is 3.21. The molecular weight excluding hydrogens is 194 g/mol. The van der Waals surface area contributed by atoms with Crippen molar-refractivity contribution in [1.29, 1.82) is 0 Å². The Bertz CT molecular complexity index is 127. The second kappa shape index (κ2) is 8.41. The van der Waals surface area contributed by atoms with E-state index in [1.807, 2.05) is 13.8 Å². The summed E-state index contributed by atoms with van der Waals surface area (Å²) < 4.78 is 11.3. The molecule has 0 radical (unpaired) electrons. The van der Waals surface area contributed by atoms with Crippen molar-refractivity contribution in [2.24, 2.45) is 0 Å². The Balaban J connectivity index is 3.71. The molecule has 0 spiro atoms. The van der Waals surface area contributed by atoms with Gasteiger partial charge in [0.1, 0.15) is 5.41 Å². The minimum absolute atomic E-state index is 0.251. The molecule has 0 atom stereocenters. The van der Waals surface area contributed by atoms with Crippen LogP contribution in [0.1, 0.15) is 33.6 Å². The summed E-state index contributed by atoms with van der Waals surface area (Å²) in [7, 11) is 0.934. The summed E-state index contributed by atoms with van der Waals surface area (Å²) >= 11 is 0. The number of ether oxygens (including phenoxy) is 2. The van der Waals surface area contributed by atoms with Crippen molar-refractivity contribution in [2.45, 2.75) is 39.0 Å². The van der Waals surface area contributed by atoms with E-state index in [9.17, 15) is 0 Å². The smallest absolute Gasteiger partial charge is 0.141 e. The zero-order valence-electron chi connectivity index (χ0n) is 10.1. The van der Waals surface area contributed by atoms with E-state index in [-0.39, 0.29) is 5.41 Å². The van der Waals surface area contributed by atoms with Crippen molar-refractivity contribution in [3.63, 3.8) is 0 Å². The molecule has 0 heterocycles. The van der Waals surface area contributed by atoms with Crippen LogP contribution < -0.4 is 5.32 Å². The Morgan fingerprint density at radius 1 is 1.14 bits per heavy atom. The first-order valence-corrected chi connectivity index (χ1v) is 6.67. The van der Waals surface area contributed by atoms with Crippen molar-refractivity contribution in [3.05, 3.63) is 0 Å². The van der Waals surface area contributed by atoms with Crippen molar-refractivity contribution < 1.29 is 9.47 Å². The predicted octanol–water partition coefficient (Wildman–Crippen LogP) is 0.468. The summed E-state index contributed by atoms with van der Waals surface area (Å²) in [5, 5.41) is 3.31. The van der Waals surface area contributed by atoms with Crippen molar-refractivity contribution in [2.75, 3.05) is 26.3 Å². The maximum atomic E-state index is 5.66. The van der Waals surface area contributed by atoms with Crippen LogP contribution in [0.15, 0.2) is 0 Å². The molecule has 0 aliphatic carbocycles. The average molecular weight is 219 g/mol. The largest absolute Gasteiger partial charge is 0.355 e. The van der Waals surface area contributed by atoms with Gasteiger partial charge in [-0.15, -0.1) is 0 Å². The first-order valence-electron chi connectivity index (χ1n) is 5.67. The van der Waals surface area contributed by atoms with E-state index in [1.165, 1.54) is 0 Å². The van der Waals surface area contributed by atoms with Gasteiger partial charge in [-0.05, 0) is 39.8 Å². The molecule has 0 fully saturated rings. The minimum Gasteiger partial charge on any atom is -0.355 e. The topological polar surface area (TPSA) is 30.5 Å². The molecule has 1 N–H and O–H groups in total. The van der Waals surface area contributed by atoms with Crippen molar-refractivity contribution in [1.82, 2.24) is 5.32 Å². The molecule has 0 rings (SSSR count). The van der Waals surface area contributed by atoms with E-state index in [4.69, 9.17) is 9.47 Å². The quantitative estimate of drug-likeness (QED) is 0.347. The zero-order valence-corrected chi connectivity index (χ0v) is 12.1. The lowest BCUT2D eigenvalue weighted by atomic mass is 10.3. The lowest BCUT2D eigenvalue weighted by Gasteiger charge is -2.29. The van der Waals surface area contributed by atoms with Gasteiger partial charge in [0.25, 0.3) is 0 Å². The highest BCUT2D eigenvalue weighted by molar-refractivity contribution is 6.13. The molecule has 3 nitrogen and oxygen atoms in total. The number of rotatable bonds is 9. The van der Waals surface area contributed by atoms with Crippen LogP contribution >= 0.6 is 0 Å². The summed E-state index contributed by atoms with van der Waals surface area (Å²) in [6.07, 6.45) is 2.13. The van der Waals surface area contributed by atoms with E-state index in [1.54, 1.807) is 0 Å². The standard InChI is InChI=1S/C10H25NO2Si/c1-4-11-9-7-8-10(14,12-5-2)13-6-3/h11H,4-9H2,1-3,14H3. The van der Waals surface area contributed by atoms with Crippen LogP contribution in [0.5, 0.6) is 0 Å². The summed E-state index contributed by atoms with van der Waals surface area (Å²) in [6, 6.07) is 0. The van der Waals surface area contributed by atoms with Crippen LogP contribution in [-0.2, 0) is 9.47 Å². The Kier molecular flexibility index (Phi) is 8.47. The monoisotopic (exact) mass is 219 g/mol. The van der Waals surface area contributed by atoms with E-state index in [0.717, 1.165) is 49.4 Å². The maximum Gasteiger partial charge on any atom is 0.141 e. The minimum atomic E-state index is -0.251. The molecular formula is C10H25NO2Si. The summed E-state index contributed by atoms with van der Waals surface area (Å²) in [6.45, 7) is 9.75. The highest BCUT2D eigenvalue weighted by atomic mass is 28.1. The molecule has 0 aliphatic heterocycles. The Morgan fingerprint density at radius 2 is 1.71 bits per heavy atom. The summed E-state index contributed by atoms with van der Waals surface area (Å²) in [4.78, 5) is 0. The second-order valence-electron chi connectivity index (χ2n) is 3.46. The number of hydrogen-bond acceptors (Lipinski definition) is 3. The molecule has 0 bridgehead atoms. The molecule has 0 aromatic carbocycles. The van der Waals surface area contributed by atoms with E-state index >= 15 is 0 Å². The van der Waals surface area contributed by atoms with Crippen LogP contribution in [0, 0.1) is 0 Å². The van der Waals surface area contributed by atoms with E-state index in [2.05, 4.69) is 12.2 Å². The van der Waals surface area contributed by atoms with E-state index in [0.29, 0.717) is 0 Å². The molecule has 0 aromatic rings. The second-order valence-corrected chi connectivity index (χ2v) is 4.98. The fourth-order valence-corrected chi connectivity index (χ4v) is 2.44. The normalized spacial score (nSPS) is 12.2. The predicted molar refractivity (Wildman–Crippen MR) is 63.7 cm³/mol. The van der Waals surface area contributed by atoms with Crippen molar-refractivity contribution >= 4 is 10.2 Å². The zero-order chi connectivity index (χ0) is 10.9. The van der Waals surface area contributed by atoms with E-state index < -0.39 is 0 Å². The van der Waals surface area contributed by atoms with Crippen LogP contribution in [0.25, 0.3) is 0 Å². The average Bonchev–Trinajstić information content (AvgIpc) is 2.13. The number of nitrogens with one attached hydrogen (secondary N) is 1. The summed E-state index contributed by atoms with van der Waals surface area (Å²) in [5.41, 5.74) is -0.251. The van der Waals surface area contributed by atoms with Gasteiger partial charge in [-0.2, -0.15) is 0 Å². The molecule has 0 amide bonds. The lowest BCUT2D eigenvalue weighted by molar-refractivity contribution is -0.177. The van der Waals surface area contributed by atoms with Crippen LogP contribution in [-0.4, -0.2) is 42.0 Å². The first kappa shape index (κ1) is 14.1. The van der Waals surface area contributed by atoms with Gasteiger partial charge < -0.3 is 14.8 Å². The third-order valence-electron chi connectivity index (χ3n) is 2.13. The fraction of sp³-hybridized carbons (Fsp3) is 1.00. The SMILES string of the molecule is CCNCCCC([SiH3])(OCC)OCC. The highest BCUT2D eigenvalue weighted by Gasteiger charge is 2.23. The molecule has 0 saturated carbocycles. The third kappa shape index (κ3) is 6.54. The highest BCUT2D eigenvalue weighted by Crippen LogP contribution is 2.15. The van der Waals surface area contributed by atoms with Gasteiger partial charge in [0.05, 0.1) is 10.2 Å². The van der Waals surface area contributed by atoms with Gasteiger partial charge in [-0.3, -0.25) is 0 Å². The lowest BCUT2D eigenvalue weighted by Crippen LogP contribution is -2.37. The Hall–Kier alpha value is 0.0969. The first-order chi connectivity index (χ1) is 6.68. The van der Waals surface area contributed by atoms with Crippen molar-refractivity contribution in [3.8, 4) is 0 Å². The molecule has 14 heavy (non-hydrogen) atoms. The molecule has 0 saturated heterocycles. The van der Waals surface area contributed by atoms with Crippen LogP contribution in [0.4, 0.5) is 0 Å². The van der Waals surface area contributed by atoms with Crippen LogP contribution in [0.2, 0.25) is 0 Å².